The van der Waals surface area contributed by atoms with Crippen LogP contribution in [0, 0.1) is 47.3 Å². The average Bonchev–Trinajstić information content (AvgIpc) is 0.684. The van der Waals surface area contributed by atoms with E-state index in [-0.39, 0.29) is 92.6 Å². The van der Waals surface area contributed by atoms with Gasteiger partial charge in [0.2, 0.25) is 0 Å². The lowest BCUT2D eigenvalue weighted by Gasteiger charge is -2.52. The van der Waals surface area contributed by atoms with E-state index in [1.165, 1.54) is 9.80 Å². The fourth-order valence-electron chi connectivity index (χ4n) is 23.1. The zero-order valence-electron chi connectivity index (χ0n) is 81.2. The highest BCUT2D eigenvalue weighted by Gasteiger charge is 2.61. The molecule has 10 nitrogen and oxygen atoms in total. The number of allylic oxidation sites excluding steroid dienone is 24. The van der Waals surface area contributed by atoms with E-state index >= 15 is 19.2 Å². The number of benzene rings is 8. The molecule has 8 atom stereocenters. The van der Waals surface area contributed by atoms with E-state index in [0.29, 0.717) is 89.7 Å². The number of hydrogen-bond acceptors (Lipinski definition) is 8. The average molecular weight is 1830 g/mol. The summed E-state index contributed by atoms with van der Waals surface area (Å²) in [5, 5.41) is 1.18. The van der Waals surface area contributed by atoms with E-state index in [1.807, 2.05) is 109 Å². The number of nitrogens with zero attached hydrogens (tertiary/aromatic N) is 2. The normalized spacial score (nSPS) is 22.7. The number of amides is 4. The van der Waals surface area contributed by atoms with Crippen molar-refractivity contribution >= 4 is 93.7 Å². The maximum Gasteiger partial charge on any atom is 0.262 e. The third-order valence-electron chi connectivity index (χ3n) is 30.1. The maximum atomic E-state index is 16.3. The number of imide groups is 2. The number of piperidine rings is 2. The predicted molar refractivity (Wildman–Crippen MR) is 553 cm³/mol. The lowest BCUT2D eigenvalue weighted by molar-refractivity contribution is -0.126. The van der Waals surface area contributed by atoms with Gasteiger partial charge in [0, 0.05) is 102 Å². The van der Waals surface area contributed by atoms with E-state index in [9.17, 15) is 0 Å². The number of fused-ring (bicyclic) bond motifs is 6. The summed E-state index contributed by atoms with van der Waals surface area (Å²) in [5.41, 5.74) is 26.3. The molecule has 11 aliphatic carbocycles. The minimum Gasteiger partial charge on any atom is -0.457 e. The molecule has 2 aliphatic heterocycles. The van der Waals surface area contributed by atoms with Crippen LogP contribution in [0.15, 0.2) is 333 Å². The Morgan fingerprint density at radius 3 is 0.868 bits per heavy atom. The SMILES string of the molecule is CC(C)c1cccc(C(C)C)c1N1C(=O)C2=CC(Oc3ccc(C(C)(C)C)cc3)=C3C4=CC=CC5C(c6cc7c(cc6Cl)/C=C\c6cc(C8=CC=C9C%10=C(Oc%11ccc(C(C)(C)C)cc%11)C=C%11C(=O)N(c%12c(C(C)C)cccc%12C(C)C)C(=O)C%12=CC(Oc%13cccc(C(C)(C)C)c%13)=C(C%13=CC=CC8C9%13)C%10C%11%12)c(Cl)cc6/C=C\7)=CC=C(C6=C(Oc7ccc(C(C)(C)C)cc7)C=C(C1=O)C2C36)C45. The van der Waals surface area contributed by atoms with Crippen molar-refractivity contribution in [1.29, 1.82) is 0 Å². The Hall–Kier alpha value is -12.9. The van der Waals surface area contributed by atoms with Crippen LogP contribution in [-0.4, -0.2) is 23.6 Å². The third-order valence-corrected chi connectivity index (χ3v) is 30.7. The van der Waals surface area contributed by atoms with Crippen molar-refractivity contribution in [2.24, 2.45) is 47.3 Å². The monoisotopic (exact) mass is 1830 g/mol. The van der Waals surface area contributed by atoms with Crippen molar-refractivity contribution in [1.82, 2.24) is 0 Å². The van der Waals surface area contributed by atoms with E-state index in [1.54, 1.807) is 0 Å². The first-order valence-electron chi connectivity index (χ1n) is 48.4. The molecular formula is C124H116Cl2N2O8. The van der Waals surface area contributed by atoms with Crippen LogP contribution < -0.4 is 28.7 Å². The summed E-state index contributed by atoms with van der Waals surface area (Å²) >= 11 is 15.8. The maximum absolute atomic E-state index is 16.3. The molecule has 0 N–H and O–H groups in total. The largest absolute Gasteiger partial charge is 0.457 e. The standard InChI is InChI=1S/C124H116Cl2N2O8/c1-65(2)81-28-22-29-82(66(3)4)115(81)127-117(129)95-61-101(133-77-46-40-73(41-47-77)121(9,10)11)109-89-34-24-32-87-85(52-54-91(105(87)89)111-102(62-96(118(127)130)107(95)113(109)111)134-78-48-42-74(43-49-78)122(12,13)14)93-56-69-36-38-72-59-100(126)94(57-70(72)37-39-71(69)58-99(93)125)86-53-55-92-106-88(86)33-25-35-90(106)110-104(136-80-27-21-26-76(60-80)124(18,19)20)64-98-108-97(63-103(112(92)114(108)110)135-79-50-44-75(45-51-79)123(15,16)17)119(131)128(120(98)132)116-83(67(5)6)30-23-31-84(116)68(7)8/h21-68,87-88,105-108,113-114H,1-20H3/b38-36-,39-37-,69-36?,70-37?,71-39?,72-38?. The number of rotatable bonds is 16. The number of halogens is 2. The molecule has 8 unspecified atom stereocenters. The Labute approximate surface area is 810 Å². The van der Waals surface area contributed by atoms with Crippen LogP contribution in [0.4, 0.5) is 11.4 Å². The lowest BCUT2D eigenvalue weighted by atomic mass is 9.52. The molecule has 8 aromatic rings. The van der Waals surface area contributed by atoms with Crippen molar-refractivity contribution in [3.05, 3.63) is 421 Å². The van der Waals surface area contributed by atoms with Gasteiger partial charge in [0.05, 0.1) is 11.4 Å². The summed E-state index contributed by atoms with van der Waals surface area (Å²) in [6, 6.07) is 54.0. The number of anilines is 2. The van der Waals surface area contributed by atoms with Crippen LogP contribution in [0.25, 0.3) is 35.5 Å². The molecular weight excluding hydrogens is 1720 g/mol. The first-order chi connectivity index (χ1) is 64.8. The zero-order chi connectivity index (χ0) is 95.4. The third kappa shape index (κ3) is 14.8. The van der Waals surface area contributed by atoms with Crippen LogP contribution in [0.3, 0.4) is 0 Å². The molecule has 12 heteroatoms. The Morgan fingerprint density at radius 2 is 0.566 bits per heavy atom. The van der Waals surface area contributed by atoms with Gasteiger partial charge in [-0.2, -0.15) is 0 Å². The Bertz CT molecular complexity index is 7180. The van der Waals surface area contributed by atoms with Crippen molar-refractivity contribution < 1.29 is 38.1 Å². The molecule has 13 aliphatic rings. The van der Waals surface area contributed by atoms with Gasteiger partial charge in [-0.15, -0.1) is 0 Å². The minimum absolute atomic E-state index is 0.00801. The quantitative estimate of drug-likeness (QED) is 0.0880. The predicted octanol–water partition coefficient (Wildman–Crippen LogP) is 30.2. The summed E-state index contributed by atoms with van der Waals surface area (Å²) < 4.78 is 29.6. The second-order valence-corrected chi connectivity index (χ2v) is 44.9. The molecule has 0 spiro atoms. The van der Waals surface area contributed by atoms with Gasteiger partial charge in [-0.25, -0.2) is 9.80 Å². The van der Waals surface area contributed by atoms with E-state index in [4.69, 9.17) is 42.1 Å². The van der Waals surface area contributed by atoms with Crippen molar-refractivity contribution in [2.45, 2.75) is 184 Å². The summed E-state index contributed by atoms with van der Waals surface area (Å²) in [5.74, 6) is -0.422. The summed E-state index contributed by atoms with van der Waals surface area (Å²) in [7, 11) is 0. The highest BCUT2D eigenvalue weighted by molar-refractivity contribution is 6.34. The van der Waals surface area contributed by atoms with Crippen LogP contribution >= 0.6 is 23.2 Å². The molecule has 2 saturated heterocycles. The smallest absolute Gasteiger partial charge is 0.262 e. The zero-order valence-corrected chi connectivity index (χ0v) is 82.8. The van der Waals surface area contributed by atoms with Gasteiger partial charge in [0.15, 0.2) is 0 Å². The molecule has 0 aromatic heterocycles. The van der Waals surface area contributed by atoms with Crippen molar-refractivity contribution in [3.8, 4) is 23.0 Å². The van der Waals surface area contributed by atoms with Gasteiger partial charge in [-0.1, -0.05) is 332 Å². The summed E-state index contributed by atoms with van der Waals surface area (Å²) in [4.78, 5) is 68.0. The number of ether oxygens (including phenoxy) is 4. The Morgan fingerprint density at radius 1 is 0.287 bits per heavy atom. The molecule has 0 bridgehead atoms. The van der Waals surface area contributed by atoms with E-state index in [0.717, 1.165) is 134 Å². The van der Waals surface area contributed by atoms with Gasteiger partial charge in [-0.3, -0.25) is 19.2 Å². The fourth-order valence-corrected chi connectivity index (χ4v) is 23.7. The van der Waals surface area contributed by atoms with E-state index < -0.39 is 23.7 Å². The van der Waals surface area contributed by atoms with Gasteiger partial charge < -0.3 is 18.9 Å². The summed E-state index contributed by atoms with van der Waals surface area (Å²) in [6.45, 7) is 43.3. The summed E-state index contributed by atoms with van der Waals surface area (Å²) in [6.07, 6.45) is 38.7. The molecule has 684 valence electrons. The highest BCUT2D eigenvalue weighted by Crippen LogP contribution is 2.67. The Balaban J connectivity index is 0.679. The van der Waals surface area contributed by atoms with Gasteiger partial charge in [-0.05, 0) is 254 Å². The first-order valence-corrected chi connectivity index (χ1v) is 49.2. The minimum atomic E-state index is -0.682. The number of carbonyl (C=O) groups is 4. The van der Waals surface area contributed by atoms with Crippen LogP contribution in [-0.2, 0) is 40.8 Å². The fraction of sp³-hybridized carbons (Fsp3) is 0.290. The highest BCUT2D eigenvalue weighted by atomic mass is 35.5. The Kier molecular flexibility index (Phi) is 21.7. The molecule has 8 aromatic carbocycles. The van der Waals surface area contributed by atoms with Crippen molar-refractivity contribution in [2.75, 3.05) is 9.80 Å². The molecule has 136 heavy (non-hydrogen) atoms. The molecule has 0 radical (unpaired) electrons. The second-order valence-electron chi connectivity index (χ2n) is 44.1. The number of hydrogen-bond donors (Lipinski definition) is 0. The van der Waals surface area contributed by atoms with Crippen LogP contribution in [0.5, 0.6) is 23.0 Å². The molecule has 2 heterocycles. The molecule has 4 fully saturated rings. The van der Waals surface area contributed by atoms with Crippen LogP contribution in [0.1, 0.15) is 240 Å². The van der Waals surface area contributed by atoms with Gasteiger partial charge in [0.25, 0.3) is 23.6 Å². The number of para-hydroxylation sites is 2. The first kappa shape index (κ1) is 89.7. The van der Waals surface area contributed by atoms with Crippen LogP contribution in [0.2, 0.25) is 10.0 Å². The van der Waals surface area contributed by atoms with Gasteiger partial charge in [0.1, 0.15) is 46.0 Å². The van der Waals surface area contributed by atoms with E-state index in [2.05, 4.69) is 296 Å². The second kappa shape index (κ2) is 33.0. The molecule has 21 rings (SSSR count). The number of carbonyl (C=O) groups excluding carboxylic acids is 4. The van der Waals surface area contributed by atoms with Gasteiger partial charge >= 0.3 is 0 Å². The molecule has 4 amide bonds. The lowest BCUT2D eigenvalue weighted by Crippen LogP contribution is -2.53. The topological polar surface area (TPSA) is 112 Å². The van der Waals surface area contributed by atoms with Crippen molar-refractivity contribution in [3.63, 3.8) is 0 Å². The molecule has 2 saturated carbocycles.